The summed E-state index contributed by atoms with van der Waals surface area (Å²) in [6.07, 6.45) is 1.52. The summed E-state index contributed by atoms with van der Waals surface area (Å²) in [5, 5.41) is 11.5. The van der Waals surface area contributed by atoms with E-state index in [1.807, 2.05) is 0 Å². The van der Waals surface area contributed by atoms with Gasteiger partial charge in [-0.25, -0.2) is 9.79 Å². The number of halogens is 1. The monoisotopic (exact) mass is 372 g/mol. The van der Waals surface area contributed by atoms with Gasteiger partial charge in [0.15, 0.2) is 5.70 Å². The Labute approximate surface area is 153 Å². The van der Waals surface area contributed by atoms with E-state index in [9.17, 15) is 14.9 Å². The van der Waals surface area contributed by atoms with Crippen molar-refractivity contribution >= 4 is 35.2 Å². The number of nitro groups is 1. The van der Waals surface area contributed by atoms with Crippen molar-refractivity contribution in [2.75, 3.05) is 7.11 Å². The predicted octanol–water partition coefficient (Wildman–Crippen LogP) is 3.91. The number of hydrogen-bond acceptors (Lipinski definition) is 6. The van der Waals surface area contributed by atoms with Crippen molar-refractivity contribution in [1.29, 1.82) is 0 Å². The van der Waals surface area contributed by atoms with Gasteiger partial charge in [0.05, 0.1) is 17.1 Å². The zero-order valence-corrected chi connectivity index (χ0v) is 14.6. The second kappa shape index (κ2) is 6.97. The highest BCUT2D eigenvalue weighted by atomic mass is 35.5. The van der Waals surface area contributed by atoms with Crippen LogP contribution in [0, 0.1) is 17.0 Å². The summed E-state index contributed by atoms with van der Waals surface area (Å²) in [5.41, 5.74) is 1.51. The SMILES string of the molecule is COc1ccc(C=C2N=C(c3ccc(C)c([N+](=O)[O-])c3)OC2=O)cc1Cl. The summed E-state index contributed by atoms with van der Waals surface area (Å²) in [5.74, 6) is -0.113. The van der Waals surface area contributed by atoms with Gasteiger partial charge in [0.1, 0.15) is 5.75 Å². The quantitative estimate of drug-likeness (QED) is 0.351. The molecule has 1 aliphatic rings. The Kier molecular flexibility index (Phi) is 4.73. The van der Waals surface area contributed by atoms with Crippen molar-refractivity contribution < 1.29 is 19.2 Å². The lowest BCUT2D eigenvalue weighted by Gasteiger charge is -2.03. The first-order valence-corrected chi connectivity index (χ1v) is 7.88. The number of methoxy groups -OCH3 is 1. The van der Waals surface area contributed by atoms with Crippen LogP contribution in [0.1, 0.15) is 16.7 Å². The molecule has 0 aliphatic carbocycles. The number of benzene rings is 2. The molecular weight excluding hydrogens is 360 g/mol. The highest BCUT2D eigenvalue weighted by Crippen LogP contribution is 2.28. The van der Waals surface area contributed by atoms with Crippen LogP contribution in [0.15, 0.2) is 47.1 Å². The molecule has 0 unspecified atom stereocenters. The molecular formula is C18H13ClN2O5. The van der Waals surface area contributed by atoms with Crippen LogP contribution in [0.5, 0.6) is 5.75 Å². The van der Waals surface area contributed by atoms with Gasteiger partial charge in [-0.05, 0) is 36.8 Å². The number of aliphatic imine (C=N–C) groups is 1. The molecule has 26 heavy (non-hydrogen) atoms. The molecule has 1 aliphatic heterocycles. The minimum Gasteiger partial charge on any atom is -0.495 e. The van der Waals surface area contributed by atoms with E-state index in [0.29, 0.717) is 27.5 Å². The number of ether oxygens (including phenoxy) is 2. The molecule has 0 bridgehead atoms. The van der Waals surface area contributed by atoms with Gasteiger partial charge in [-0.2, -0.15) is 0 Å². The maximum absolute atomic E-state index is 12.1. The molecule has 7 nitrogen and oxygen atoms in total. The van der Waals surface area contributed by atoms with Crippen LogP contribution in [-0.2, 0) is 9.53 Å². The normalized spacial score (nSPS) is 15.0. The van der Waals surface area contributed by atoms with Crippen molar-refractivity contribution in [1.82, 2.24) is 0 Å². The van der Waals surface area contributed by atoms with Crippen LogP contribution in [0.25, 0.3) is 6.08 Å². The van der Waals surface area contributed by atoms with Gasteiger partial charge in [-0.15, -0.1) is 0 Å². The smallest absolute Gasteiger partial charge is 0.363 e. The van der Waals surface area contributed by atoms with Gasteiger partial charge >= 0.3 is 5.97 Å². The fourth-order valence-corrected chi connectivity index (χ4v) is 2.67. The molecule has 0 N–H and O–H groups in total. The molecule has 0 saturated heterocycles. The molecule has 1 heterocycles. The van der Waals surface area contributed by atoms with Gasteiger partial charge < -0.3 is 9.47 Å². The first kappa shape index (κ1) is 17.6. The zero-order chi connectivity index (χ0) is 18.8. The standard InChI is InChI=1S/C18H13ClN2O5/c1-10-3-5-12(9-15(10)21(23)24)17-20-14(18(22)26-17)8-11-4-6-16(25-2)13(19)7-11/h3-9H,1-2H3. The first-order valence-electron chi connectivity index (χ1n) is 7.50. The average molecular weight is 373 g/mol. The second-order valence-electron chi connectivity index (χ2n) is 5.49. The van der Waals surface area contributed by atoms with Gasteiger partial charge in [-0.1, -0.05) is 23.7 Å². The van der Waals surface area contributed by atoms with E-state index in [4.69, 9.17) is 21.1 Å². The van der Waals surface area contributed by atoms with Crippen molar-refractivity contribution in [2.45, 2.75) is 6.92 Å². The van der Waals surface area contributed by atoms with Gasteiger partial charge in [0.2, 0.25) is 5.90 Å². The number of nitro benzene ring substituents is 1. The summed E-state index contributed by atoms with van der Waals surface area (Å²) in [6.45, 7) is 1.63. The Bertz CT molecular complexity index is 982. The van der Waals surface area contributed by atoms with E-state index in [1.54, 1.807) is 37.3 Å². The minimum atomic E-state index is -0.643. The van der Waals surface area contributed by atoms with Gasteiger partial charge in [0.25, 0.3) is 5.69 Å². The van der Waals surface area contributed by atoms with Crippen molar-refractivity contribution in [3.8, 4) is 5.75 Å². The first-order chi connectivity index (χ1) is 12.4. The number of esters is 1. The van der Waals surface area contributed by atoms with Gasteiger partial charge in [0, 0.05) is 17.2 Å². The number of cyclic esters (lactones) is 1. The molecule has 0 saturated carbocycles. The molecule has 132 valence electrons. The Morgan fingerprint density at radius 2 is 2.04 bits per heavy atom. The third-order valence-corrected chi connectivity index (χ3v) is 4.05. The summed E-state index contributed by atoms with van der Waals surface area (Å²) in [6, 6.07) is 9.54. The molecule has 0 fully saturated rings. The number of nitrogens with zero attached hydrogens (tertiary/aromatic N) is 2. The molecule has 2 aromatic carbocycles. The lowest BCUT2D eigenvalue weighted by Crippen LogP contribution is -2.06. The van der Waals surface area contributed by atoms with Crippen molar-refractivity contribution in [2.24, 2.45) is 4.99 Å². The Morgan fingerprint density at radius 1 is 1.27 bits per heavy atom. The van der Waals surface area contributed by atoms with Crippen molar-refractivity contribution in [3.05, 3.63) is 73.9 Å². The summed E-state index contributed by atoms with van der Waals surface area (Å²) >= 11 is 6.07. The zero-order valence-electron chi connectivity index (χ0n) is 13.9. The lowest BCUT2D eigenvalue weighted by molar-refractivity contribution is -0.385. The van der Waals surface area contributed by atoms with Crippen LogP contribution in [0.4, 0.5) is 5.69 Å². The number of carbonyl (C=O) groups is 1. The molecule has 0 atom stereocenters. The van der Waals surface area contributed by atoms with Crippen LogP contribution in [0.3, 0.4) is 0 Å². The largest absolute Gasteiger partial charge is 0.495 e. The molecule has 0 spiro atoms. The number of hydrogen-bond donors (Lipinski definition) is 0. The predicted molar refractivity (Wildman–Crippen MR) is 96.4 cm³/mol. The fourth-order valence-electron chi connectivity index (χ4n) is 2.40. The summed E-state index contributed by atoms with van der Waals surface area (Å²) in [4.78, 5) is 26.8. The maximum atomic E-state index is 12.1. The molecule has 2 aromatic rings. The van der Waals surface area contributed by atoms with Crippen LogP contribution in [0.2, 0.25) is 5.02 Å². The third-order valence-electron chi connectivity index (χ3n) is 3.75. The molecule has 0 radical (unpaired) electrons. The highest BCUT2D eigenvalue weighted by molar-refractivity contribution is 6.32. The Balaban J connectivity index is 1.95. The number of aryl methyl sites for hydroxylation is 1. The molecule has 0 aromatic heterocycles. The summed E-state index contributed by atoms with van der Waals surface area (Å²) in [7, 11) is 1.50. The molecule has 3 rings (SSSR count). The van der Waals surface area contributed by atoms with E-state index in [-0.39, 0.29) is 17.3 Å². The van der Waals surface area contributed by atoms with E-state index in [1.165, 1.54) is 19.3 Å². The summed E-state index contributed by atoms with van der Waals surface area (Å²) < 4.78 is 10.2. The molecule has 8 heteroatoms. The maximum Gasteiger partial charge on any atom is 0.363 e. The lowest BCUT2D eigenvalue weighted by atomic mass is 10.1. The third kappa shape index (κ3) is 3.43. The van der Waals surface area contributed by atoms with Crippen molar-refractivity contribution in [3.63, 3.8) is 0 Å². The minimum absolute atomic E-state index is 0.0176. The Morgan fingerprint density at radius 3 is 2.69 bits per heavy atom. The van der Waals surface area contributed by atoms with E-state index >= 15 is 0 Å². The number of carbonyl (C=O) groups excluding carboxylic acids is 1. The van der Waals surface area contributed by atoms with Crippen LogP contribution >= 0.6 is 11.6 Å². The van der Waals surface area contributed by atoms with E-state index < -0.39 is 10.9 Å². The van der Waals surface area contributed by atoms with E-state index in [2.05, 4.69) is 4.99 Å². The van der Waals surface area contributed by atoms with Gasteiger partial charge in [-0.3, -0.25) is 10.1 Å². The topological polar surface area (TPSA) is 91.0 Å². The van der Waals surface area contributed by atoms with Crippen LogP contribution < -0.4 is 4.74 Å². The van der Waals surface area contributed by atoms with E-state index in [0.717, 1.165) is 0 Å². The molecule has 0 amide bonds. The fraction of sp³-hybridized carbons (Fsp3) is 0.111. The van der Waals surface area contributed by atoms with Crippen LogP contribution in [-0.4, -0.2) is 23.9 Å². The second-order valence-corrected chi connectivity index (χ2v) is 5.90. The Hall–Kier alpha value is -3.19. The highest BCUT2D eigenvalue weighted by Gasteiger charge is 2.26. The average Bonchev–Trinajstić information content (AvgIpc) is 2.96. The number of rotatable bonds is 4.